The van der Waals surface area contributed by atoms with E-state index in [1.807, 2.05) is 28.2 Å². The summed E-state index contributed by atoms with van der Waals surface area (Å²) in [4.78, 5) is 45.1. The molecule has 0 saturated heterocycles. The average Bonchev–Trinajstić information content (AvgIpc) is 2.82. The largest absolute Gasteiger partial charge is 1.00 e. The molecule has 0 fully saturated rings. The highest BCUT2D eigenvalue weighted by Crippen LogP contribution is 2.16. The summed E-state index contributed by atoms with van der Waals surface area (Å²) in [5.74, 6) is -0.380. The number of nitro benzene ring substituents is 2. The highest BCUT2D eigenvalue weighted by atomic mass is 79.9. The van der Waals surface area contributed by atoms with E-state index >= 15 is 0 Å². The summed E-state index contributed by atoms with van der Waals surface area (Å²) >= 11 is 0. The molecule has 2 aromatic carbocycles. The van der Waals surface area contributed by atoms with E-state index in [0.717, 1.165) is 11.1 Å². The van der Waals surface area contributed by atoms with Crippen LogP contribution in [0.1, 0.15) is 24.0 Å². The fourth-order valence-corrected chi connectivity index (χ4v) is 3.99. The Labute approximate surface area is 255 Å². The minimum absolute atomic E-state index is 0. The lowest BCUT2D eigenvalue weighted by atomic mass is 10.2. The van der Waals surface area contributed by atoms with Crippen LogP contribution in [-0.2, 0) is 22.7 Å². The molecular weight excluding hydrogens is 652 g/mol. The van der Waals surface area contributed by atoms with Gasteiger partial charge in [0.15, 0.2) is 0 Å². The quantitative estimate of drug-likeness (QED) is 0.112. The van der Waals surface area contributed by atoms with E-state index in [-0.39, 0.29) is 70.0 Å². The molecule has 2 amide bonds. The van der Waals surface area contributed by atoms with Gasteiger partial charge in [-0.2, -0.15) is 0 Å². The van der Waals surface area contributed by atoms with E-state index in [4.69, 9.17) is 0 Å². The van der Waals surface area contributed by atoms with Crippen LogP contribution in [-0.4, -0.2) is 85.0 Å². The summed E-state index contributed by atoms with van der Waals surface area (Å²) in [5.41, 5.74) is 2.05. The molecule has 222 valence electrons. The summed E-state index contributed by atoms with van der Waals surface area (Å²) in [6.07, 6.45) is 0.200. The van der Waals surface area contributed by atoms with Gasteiger partial charge >= 0.3 is 0 Å². The second-order valence-electron chi connectivity index (χ2n) is 10.7. The number of benzene rings is 2. The molecule has 0 spiro atoms. The molecule has 12 nitrogen and oxygen atoms in total. The fraction of sp³-hybridized carbons (Fsp3) is 0.462. The highest BCUT2D eigenvalue weighted by Gasteiger charge is 2.19. The number of halogens is 2. The Morgan fingerprint density at radius 1 is 0.650 bits per heavy atom. The number of carbonyl (C=O) groups is 2. The molecule has 0 unspecified atom stereocenters. The number of non-ortho nitro benzene ring substituents is 2. The number of rotatable bonds is 15. The van der Waals surface area contributed by atoms with E-state index in [9.17, 15) is 29.8 Å². The van der Waals surface area contributed by atoms with Crippen molar-refractivity contribution in [1.29, 1.82) is 0 Å². The lowest BCUT2D eigenvalue weighted by molar-refractivity contribution is -0.902. The molecule has 0 aliphatic rings. The monoisotopic (exact) mass is 688 g/mol. The van der Waals surface area contributed by atoms with Crippen molar-refractivity contribution in [3.05, 3.63) is 79.9 Å². The van der Waals surface area contributed by atoms with Gasteiger partial charge in [-0.1, -0.05) is 0 Å². The molecule has 0 heterocycles. The van der Waals surface area contributed by atoms with Crippen LogP contribution in [0.2, 0.25) is 0 Å². The minimum atomic E-state index is -0.426. The summed E-state index contributed by atoms with van der Waals surface area (Å²) in [6, 6.07) is 12.9. The fourth-order valence-electron chi connectivity index (χ4n) is 3.99. The highest BCUT2D eigenvalue weighted by molar-refractivity contribution is 5.83. The van der Waals surface area contributed by atoms with Crippen molar-refractivity contribution in [3.63, 3.8) is 0 Å². The molecule has 0 aliphatic heterocycles. The van der Waals surface area contributed by atoms with Crippen molar-refractivity contribution in [3.8, 4) is 0 Å². The van der Waals surface area contributed by atoms with Crippen LogP contribution in [0.25, 0.3) is 0 Å². The number of nitro groups is 2. The Morgan fingerprint density at radius 3 is 1.23 bits per heavy atom. The van der Waals surface area contributed by atoms with E-state index in [1.165, 1.54) is 24.3 Å². The van der Waals surface area contributed by atoms with Gasteiger partial charge in [-0.3, -0.25) is 29.8 Å². The van der Waals surface area contributed by atoms with Gasteiger partial charge in [-0.15, -0.1) is 0 Å². The van der Waals surface area contributed by atoms with Crippen LogP contribution in [0.15, 0.2) is 48.5 Å². The standard InChI is InChI=1S/C26H36N6O6.2BrH/c1-31(2,19-21-5-9-23(10-6-21)29(35)36)17-15-27-25(33)13-14-26(34)28-16-18-32(3,4)20-22-7-11-24(12-8-22)30(37)38;;/h5-12H,13-20H2,1-4H3;2*1H. The first-order valence-corrected chi connectivity index (χ1v) is 12.4. The van der Waals surface area contributed by atoms with E-state index in [1.54, 1.807) is 24.3 Å². The molecular formula is C26H38Br2N6O6. The van der Waals surface area contributed by atoms with Crippen LogP contribution in [0.3, 0.4) is 0 Å². The molecule has 2 N–H and O–H groups in total. The van der Waals surface area contributed by atoms with Crippen molar-refractivity contribution in [2.24, 2.45) is 0 Å². The molecule has 0 saturated carbocycles. The number of nitrogens with zero attached hydrogens (tertiary/aromatic N) is 4. The number of hydrogen-bond donors (Lipinski definition) is 2. The molecule has 2 aromatic rings. The Morgan fingerprint density at radius 2 is 0.950 bits per heavy atom. The van der Waals surface area contributed by atoms with E-state index in [2.05, 4.69) is 10.6 Å². The van der Waals surface area contributed by atoms with E-state index in [0.29, 0.717) is 48.2 Å². The van der Waals surface area contributed by atoms with Crippen molar-refractivity contribution in [1.82, 2.24) is 10.6 Å². The number of amides is 2. The van der Waals surface area contributed by atoms with Gasteiger partial charge in [0, 0.05) is 48.2 Å². The first-order valence-electron chi connectivity index (χ1n) is 12.4. The molecule has 0 bridgehead atoms. The van der Waals surface area contributed by atoms with Crippen LogP contribution in [0.5, 0.6) is 0 Å². The first kappa shape index (κ1) is 37.1. The Kier molecular flexibility index (Phi) is 15.8. The van der Waals surface area contributed by atoms with Gasteiger partial charge in [0.2, 0.25) is 11.8 Å². The Hall–Kier alpha value is -2.94. The predicted octanol–water partition coefficient (Wildman–Crippen LogP) is -3.62. The number of likely N-dealkylation sites (N-methyl/N-ethyl adjacent to an activating group) is 2. The summed E-state index contributed by atoms with van der Waals surface area (Å²) in [6.45, 7) is 3.56. The number of hydrogen-bond acceptors (Lipinski definition) is 6. The Balaban J connectivity index is 0.00000760. The topological polar surface area (TPSA) is 144 Å². The molecule has 2 rings (SSSR count). The zero-order valence-corrected chi connectivity index (χ0v) is 26.4. The normalized spacial score (nSPS) is 11.0. The van der Waals surface area contributed by atoms with Crippen molar-refractivity contribution in [2.45, 2.75) is 25.9 Å². The number of quaternary nitrogens is 2. The third-order valence-corrected chi connectivity index (χ3v) is 6.17. The lowest BCUT2D eigenvalue weighted by Crippen LogP contribution is -3.00. The molecule has 40 heavy (non-hydrogen) atoms. The zero-order valence-electron chi connectivity index (χ0n) is 23.3. The zero-order chi connectivity index (χ0) is 28.3. The van der Waals surface area contributed by atoms with Gasteiger partial charge in [-0.05, 0) is 24.3 Å². The second-order valence-corrected chi connectivity index (χ2v) is 10.7. The van der Waals surface area contributed by atoms with Gasteiger partial charge in [0.05, 0.1) is 64.2 Å². The predicted molar refractivity (Wildman–Crippen MR) is 143 cm³/mol. The average molecular weight is 690 g/mol. The molecule has 0 aromatic heterocycles. The first-order chi connectivity index (χ1) is 17.8. The Bertz CT molecular complexity index is 1040. The maximum absolute atomic E-state index is 12.2. The van der Waals surface area contributed by atoms with Crippen molar-refractivity contribution in [2.75, 3.05) is 54.4 Å². The summed E-state index contributed by atoms with van der Waals surface area (Å²) in [7, 11) is 8.07. The second kappa shape index (κ2) is 17.0. The van der Waals surface area contributed by atoms with Crippen LogP contribution in [0, 0.1) is 20.2 Å². The molecule has 14 heteroatoms. The minimum Gasteiger partial charge on any atom is -1.00 e. The maximum Gasteiger partial charge on any atom is 0.269 e. The van der Waals surface area contributed by atoms with E-state index < -0.39 is 9.85 Å². The summed E-state index contributed by atoms with van der Waals surface area (Å²) in [5, 5.41) is 27.3. The van der Waals surface area contributed by atoms with Gasteiger partial charge in [-0.25, -0.2) is 0 Å². The van der Waals surface area contributed by atoms with Crippen LogP contribution < -0.4 is 44.6 Å². The van der Waals surface area contributed by atoms with Crippen LogP contribution in [0.4, 0.5) is 11.4 Å². The smallest absolute Gasteiger partial charge is 0.269 e. The van der Waals surface area contributed by atoms with Crippen molar-refractivity contribution < 1.29 is 62.4 Å². The van der Waals surface area contributed by atoms with Gasteiger partial charge in [0.25, 0.3) is 11.4 Å². The van der Waals surface area contributed by atoms with Gasteiger partial charge < -0.3 is 53.6 Å². The number of carbonyl (C=O) groups excluding carboxylic acids is 2. The third kappa shape index (κ3) is 13.9. The van der Waals surface area contributed by atoms with Crippen molar-refractivity contribution >= 4 is 23.2 Å². The lowest BCUT2D eigenvalue weighted by Gasteiger charge is -2.30. The van der Waals surface area contributed by atoms with Crippen LogP contribution >= 0.6 is 0 Å². The van der Waals surface area contributed by atoms with Gasteiger partial charge in [0.1, 0.15) is 13.1 Å². The molecule has 0 radical (unpaired) electrons. The summed E-state index contributed by atoms with van der Waals surface area (Å²) < 4.78 is 1.18. The molecule has 0 atom stereocenters. The number of nitrogens with one attached hydrogen (secondary N) is 2. The maximum atomic E-state index is 12.2. The SMILES string of the molecule is C[N+](C)(CCNC(=O)CCC(=O)NCC[N+](C)(C)Cc1ccc([N+](=O)[O-])cc1)Cc1ccc([N+](=O)[O-])cc1.[Br-].[Br-]. The third-order valence-electron chi connectivity index (χ3n) is 6.17. The molecule has 0 aliphatic carbocycles.